The Morgan fingerprint density at radius 2 is 2.00 bits per heavy atom. The molecule has 0 saturated carbocycles. The summed E-state index contributed by atoms with van der Waals surface area (Å²) in [6.07, 6.45) is 2.75. The van der Waals surface area contributed by atoms with Crippen molar-refractivity contribution in [1.82, 2.24) is 19.6 Å². The zero-order chi connectivity index (χ0) is 12.6. The molecule has 0 atom stereocenters. The number of aromatic nitrogens is 4. The van der Waals surface area contributed by atoms with Crippen LogP contribution in [0.25, 0.3) is 11.3 Å². The average molecular weight is 240 g/mol. The van der Waals surface area contributed by atoms with Crippen LogP contribution in [0.2, 0.25) is 0 Å². The molecule has 2 aromatic heterocycles. The minimum atomic E-state index is -2.61. The van der Waals surface area contributed by atoms with E-state index in [1.165, 1.54) is 12.4 Å². The van der Waals surface area contributed by atoms with Crippen LogP contribution >= 0.6 is 0 Å². The Balaban J connectivity index is 2.38. The maximum absolute atomic E-state index is 12.4. The molecule has 0 amide bonds. The number of aryl methyl sites for hydroxylation is 1. The van der Waals surface area contributed by atoms with Crippen LogP contribution in [-0.2, 0) is 7.05 Å². The van der Waals surface area contributed by atoms with Crippen molar-refractivity contribution >= 4 is 0 Å². The Bertz CT molecular complexity index is 513. The van der Waals surface area contributed by atoms with Crippen LogP contribution in [0.5, 0.6) is 0 Å². The van der Waals surface area contributed by atoms with E-state index in [9.17, 15) is 8.78 Å². The fourth-order valence-electron chi connectivity index (χ4n) is 1.62. The summed E-state index contributed by atoms with van der Waals surface area (Å²) < 4.78 is 27.1. The highest BCUT2D eigenvalue weighted by atomic mass is 19.3. The van der Waals surface area contributed by atoms with Gasteiger partial charge in [-0.05, 0) is 12.0 Å². The molecule has 2 aromatic rings. The molecular weight excluding hydrogens is 226 g/mol. The summed E-state index contributed by atoms with van der Waals surface area (Å²) in [6.45, 7) is 1.46. The summed E-state index contributed by atoms with van der Waals surface area (Å²) in [5.74, 6) is 0.306. The number of rotatable bonds is 3. The molecule has 0 aliphatic carbocycles. The Kier molecular flexibility index (Phi) is 2.95. The van der Waals surface area contributed by atoms with E-state index < -0.39 is 6.55 Å². The Hall–Kier alpha value is -1.72. The van der Waals surface area contributed by atoms with Crippen LogP contribution in [0, 0.1) is 0 Å². The second-order valence-corrected chi connectivity index (χ2v) is 4.22. The molecule has 17 heavy (non-hydrogen) atoms. The minimum absolute atomic E-state index is 0.306. The van der Waals surface area contributed by atoms with E-state index >= 15 is 0 Å². The molecule has 4 nitrogen and oxygen atoms in total. The fraction of sp³-hybridized carbons (Fsp3) is 0.455. The Morgan fingerprint density at radius 1 is 1.29 bits per heavy atom. The lowest BCUT2D eigenvalue weighted by Crippen LogP contribution is -1.97. The molecule has 6 heteroatoms. The van der Waals surface area contributed by atoms with Crippen LogP contribution in [0.3, 0.4) is 0 Å². The summed E-state index contributed by atoms with van der Waals surface area (Å²) in [5, 5.41) is 7.95. The van der Waals surface area contributed by atoms with E-state index in [0.717, 1.165) is 11.4 Å². The van der Waals surface area contributed by atoms with Gasteiger partial charge in [-0.3, -0.25) is 4.68 Å². The molecule has 0 spiro atoms. The molecule has 0 fully saturated rings. The normalized spacial score (nSPS) is 11.7. The van der Waals surface area contributed by atoms with Crippen molar-refractivity contribution < 1.29 is 8.78 Å². The van der Waals surface area contributed by atoms with Crippen molar-refractivity contribution in [3.63, 3.8) is 0 Å². The van der Waals surface area contributed by atoms with Gasteiger partial charge in [-0.1, -0.05) is 13.8 Å². The van der Waals surface area contributed by atoms with Gasteiger partial charge in [0.15, 0.2) is 0 Å². The van der Waals surface area contributed by atoms with Gasteiger partial charge in [-0.15, -0.1) is 0 Å². The third-order valence-electron chi connectivity index (χ3n) is 2.59. The summed E-state index contributed by atoms with van der Waals surface area (Å²) in [6, 6.07) is 1.90. The number of nitrogens with zero attached hydrogens (tertiary/aromatic N) is 4. The molecular formula is C11H14F2N4. The highest BCUT2D eigenvalue weighted by Gasteiger charge is 2.13. The molecule has 0 N–H and O–H groups in total. The number of hydrogen-bond donors (Lipinski definition) is 0. The third kappa shape index (κ3) is 2.20. The molecule has 2 heterocycles. The van der Waals surface area contributed by atoms with Crippen LogP contribution in [0.4, 0.5) is 8.78 Å². The molecule has 0 aliphatic heterocycles. The first-order chi connectivity index (χ1) is 7.99. The minimum Gasteiger partial charge on any atom is -0.268 e. The molecule has 92 valence electrons. The first-order valence-corrected chi connectivity index (χ1v) is 5.35. The summed E-state index contributed by atoms with van der Waals surface area (Å²) in [7, 11) is 1.79. The maximum atomic E-state index is 12.4. The number of alkyl halides is 2. The van der Waals surface area contributed by atoms with Crippen LogP contribution in [0.15, 0.2) is 18.5 Å². The van der Waals surface area contributed by atoms with E-state index in [-0.39, 0.29) is 0 Å². The lowest BCUT2D eigenvalue weighted by atomic mass is 10.1. The SMILES string of the molecule is CC(C)c1cc(-c2cnn(C(F)F)c2)n(C)n1. The molecule has 0 aromatic carbocycles. The zero-order valence-corrected chi connectivity index (χ0v) is 9.93. The maximum Gasteiger partial charge on any atom is 0.333 e. The molecule has 0 radical (unpaired) electrons. The molecule has 0 unspecified atom stereocenters. The van der Waals surface area contributed by atoms with Crippen LogP contribution in [-0.4, -0.2) is 19.6 Å². The number of halogens is 2. The van der Waals surface area contributed by atoms with Gasteiger partial charge in [-0.2, -0.15) is 19.0 Å². The van der Waals surface area contributed by atoms with Crippen LogP contribution in [0.1, 0.15) is 32.0 Å². The van der Waals surface area contributed by atoms with Crippen LogP contribution < -0.4 is 0 Å². The standard InChI is InChI=1S/C11H14F2N4/c1-7(2)9-4-10(16(3)15-9)8-5-14-17(6-8)11(12)13/h4-7,11H,1-3H3. The lowest BCUT2D eigenvalue weighted by molar-refractivity contribution is 0.0566. The van der Waals surface area contributed by atoms with Crippen molar-refractivity contribution in [3.8, 4) is 11.3 Å². The van der Waals surface area contributed by atoms with Gasteiger partial charge >= 0.3 is 6.55 Å². The zero-order valence-electron chi connectivity index (χ0n) is 9.93. The van der Waals surface area contributed by atoms with Gasteiger partial charge in [-0.25, -0.2) is 4.68 Å². The molecule has 0 saturated heterocycles. The highest BCUT2D eigenvalue weighted by Crippen LogP contribution is 2.24. The van der Waals surface area contributed by atoms with Gasteiger partial charge in [0.1, 0.15) is 0 Å². The van der Waals surface area contributed by atoms with Gasteiger partial charge in [0, 0.05) is 18.8 Å². The fourth-order valence-corrected chi connectivity index (χ4v) is 1.62. The molecule has 0 bridgehead atoms. The van der Waals surface area contributed by atoms with Crippen molar-refractivity contribution in [2.75, 3.05) is 0 Å². The van der Waals surface area contributed by atoms with Crippen molar-refractivity contribution in [1.29, 1.82) is 0 Å². The Morgan fingerprint density at radius 3 is 2.47 bits per heavy atom. The van der Waals surface area contributed by atoms with Gasteiger partial charge < -0.3 is 0 Å². The summed E-state index contributed by atoms with van der Waals surface area (Å²) in [4.78, 5) is 0. The molecule has 2 rings (SSSR count). The summed E-state index contributed by atoms with van der Waals surface area (Å²) in [5.41, 5.74) is 2.38. The average Bonchev–Trinajstić information content (AvgIpc) is 2.83. The van der Waals surface area contributed by atoms with E-state index in [1.54, 1.807) is 11.7 Å². The van der Waals surface area contributed by atoms with Crippen molar-refractivity contribution in [2.45, 2.75) is 26.3 Å². The Labute approximate surface area is 97.9 Å². The predicted molar refractivity (Wildman–Crippen MR) is 59.8 cm³/mol. The largest absolute Gasteiger partial charge is 0.333 e. The quantitative estimate of drug-likeness (QED) is 0.827. The second-order valence-electron chi connectivity index (χ2n) is 4.22. The highest BCUT2D eigenvalue weighted by molar-refractivity contribution is 5.58. The van der Waals surface area contributed by atoms with E-state index in [1.807, 2.05) is 19.9 Å². The van der Waals surface area contributed by atoms with Crippen molar-refractivity contribution in [2.24, 2.45) is 7.05 Å². The third-order valence-corrected chi connectivity index (χ3v) is 2.59. The summed E-state index contributed by atoms with van der Waals surface area (Å²) >= 11 is 0. The second kappa shape index (κ2) is 4.27. The van der Waals surface area contributed by atoms with E-state index in [4.69, 9.17) is 0 Å². The predicted octanol–water partition coefficient (Wildman–Crippen LogP) is 2.80. The molecule has 0 aliphatic rings. The van der Waals surface area contributed by atoms with E-state index in [0.29, 0.717) is 16.2 Å². The topological polar surface area (TPSA) is 35.6 Å². The first kappa shape index (κ1) is 11.8. The first-order valence-electron chi connectivity index (χ1n) is 5.35. The lowest BCUT2D eigenvalue weighted by Gasteiger charge is -1.97. The number of hydrogen-bond acceptors (Lipinski definition) is 2. The van der Waals surface area contributed by atoms with Crippen molar-refractivity contribution in [3.05, 3.63) is 24.2 Å². The van der Waals surface area contributed by atoms with Gasteiger partial charge in [0.05, 0.1) is 17.6 Å². The smallest absolute Gasteiger partial charge is 0.268 e. The monoisotopic (exact) mass is 240 g/mol. The van der Waals surface area contributed by atoms with Gasteiger partial charge in [0.25, 0.3) is 0 Å². The van der Waals surface area contributed by atoms with Gasteiger partial charge in [0.2, 0.25) is 0 Å². The van der Waals surface area contributed by atoms with E-state index in [2.05, 4.69) is 10.2 Å².